The summed E-state index contributed by atoms with van der Waals surface area (Å²) in [5.74, 6) is -0.711. The van der Waals surface area contributed by atoms with Gasteiger partial charge < -0.3 is 4.90 Å². The van der Waals surface area contributed by atoms with Gasteiger partial charge in [0, 0.05) is 18.5 Å². The maximum absolute atomic E-state index is 12.6. The van der Waals surface area contributed by atoms with Crippen LogP contribution in [0.3, 0.4) is 0 Å². The lowest BCUT2D eigenvalue weighted by Gasteiger charge is -2.29. The monoisotopic (exact) mass is 272 g/mol. The predicted octanol–water partition coefficient (Wildman–Crippen LogP) is 1.01. The first-order valence-electron chi connectivity index (χ1n) is 6.87. The molecule has 0 unspecified atom stereocenters. The molecule has 1 aromatic carbocycles. The number of piperidine rings is 1. The van der Waals surface area contributed by atoms with E-state index in [2.05, 4.69) is 5.32 Å². The molecule has 0 bridgehead atoms. The number of carbonyl (C=O) groups is 3. The lowest BCUT2D eigenvalue weighted by atomic mass is 10.0. The highest BCUT2D eigenvalue weighted by atomic mass is 16.2. The quantitative estimate of drug-likeness (QED) is 0.817. The van der Waals surface area contributed by atoms with E-state index >= 15 is 0 Å². The molecule has 0 radical (unpaired) electrons. The molecular formula is C15H16N2O3. The third kappa shape index (κ3) is 1.90. The second kappa shape index (κ2) is 4.74. The van der Waals surface area contributed by atoms with Crippen LogP contribution in [-0.2, 0) is 22.6 Å². The van der Waals surface area contributed by atoms with E-state index in [1.807, 2.05) is 25.1 Å². The van der Waals surface area contributed by atoms with Crippen molar-refractivity contribution in [3.63, 3.8) is 0 Å². The highest BCUT2D eigenvalue weighted by Gasteiger charge is 2.39. The largest absolute Gasteiger partial charge is 0.322 e. The zero-order valence-electron chi connectivity index (χ0n) is 11.3. The summed E-state index contributed by atoms with van der Waals surface area (Å²) >= 11 is 0. The average Bonchev–Trinajstić information content (AvgIpc) is 2.76. The molecule has 0 aliphatic carbocycles. The molecule has 0 saturated carbocycles. The summed E-state index contributed by atoms with van der Waals surface area (Å²) in [6, 6.07) is 5.29. The molecule has 1 N–H and O–H groups in total. The number of benzene rings is 1. The van der Waals surface area contributed by atoms with Crippen LogP contribution in [0.15, 0.2) is 18.2 Å². The van der Waals surface area contributed by atoms with E-state index in [1.165, 1.54) is 0 Å². The molecule has 104 valence electrons. The lowest BCUT2D eigenvalue weighted by Crippen LogP contribution is -2.52. The van der Waals surface area contributed by atoms with Crippen molar-refractivity contribution in [1.29, 1.82) is 0 Å². The van der Waals surface area contributed by atoms with Crippen molar-refractivity contribution in [2.24, 2.45) is 0 Å². The average molecular weight is 272 g/mol. The predicted molar refractivity (Wildman–Crippen MR) is 71.9 cm³/mol. The minimum atomic E-state index is -0.530. The molecule has 1 aromatic rings. The van der Waals surface area contributed by atoms with Crippen molar-refractivity contribution >= 4 is 17.7 Å². The minimum Gasteiger partial charge on any atom is -0.322 e. The van der Waals surface area contributed by atoms with Gasteiger partial charge in [-0.3, -0.25) is 19.7 Å². The number of hydrogen-bond acceptors (Lipinski definition) is 3. The molecule has 0 spiro atoms. The van der Waals surface area contributed by atoms with Crippen LogP contribution in [0.25, 0.3) is 0 Å². The highest BCUT2D eigenvalue weighted by Crippen LogP contribution is 2.29. The number of fused-ring (bicyclic) bond motifs is 1. The van der Waals surface area contributed by atoms with Gasteiger partial charge in [0.25, 0.3) is 5.91 Å². The van der Waals surface area contributed by atoms with Gasteiger partial charge in [-0.1, -0.05) is 25.1 Å². The van der Waals surface area contributed by atoms with Gasteiger partial charge in [-0.15, -0.1) is 0 Å². The number of carbonyl (C=O) groups excluding carboxylic acids is 3. The maximum Gasteiger partial charge on any atom is 0.255 e. The molecule has 0 aromatic heterocycles. The first-order chi connectivity index (χ1) is 9.61. The standard InChI is InChI=1S/C15H16N2O3/c1-2-9-4-3-5-10-8-17(15(20)13(9)10)11-6-7-12(18)16-14(11)19/h3-5,11H,2,6-8H2,1H3,(H,16,18,19)/t11-/m0/s1. The van der Waals surface area contributed by atoms with Crippen LogP contribution in [0.5, 0.6) is 0 Å². The van der Waals surface area contributed by atoms with Gasteiger partial charge in [0.2, 0.25) is 11.8 Å². The second-order valence-electron chi connectivity index (χ2n) is 5.20. The highest BCUT2D eigenvalue weighted by molar-refractivity contribution is 6.05. The van der Waals surface area contributed by atoms with Crippen molar-refractivity contribution in [1.82, 2.24) is 10.2 Å². The number of amides is 3. The molecular weight excluding hydrogens is 256 g/mol. The summed E-state index contributed by atoms with van der Waals surface area (Å²) in [5, 5.41) is 2.31. The van der Waals surface area contributed by atoms with Gasteiger partial charge >= 0.3 is 0 Å². The van der Waals surface area contributed by atoms with Gasteiger partial charge in [-0.2, -0.15) is 0 Å². The van der Waals surface area contributed by atoms with Crippen LogP contribution in [0, 0.1) is 0 Å². The number of nitrogens with zero attached hydrogens (tertiary/aromatic N) is 1. The van der Waals surface area contributed by atoms with Crippen molar-refractivity contribution in [2.45, 2.75) is 38.8 Å². The fraction of sp³-hybridized carbons (Fsp3) is 0.400. The van der Waals surface area contributed by atoms with Crippen LogP contribution in [0.4, 0.5) is 0 Å². The molecule has 20 heavy (non-hydrogen) atoms. The maximum atomic E-state index is 12.6. The summed E-state index contributed by atoms with van der Waals surface area (Å²) in [7, 11) is 0. The number of rotatable bonds is 2. The Morgan fingerprint density at radius 1 is 1.30 bits per heavy atom. The summed E-state index contributed by atoms with van der Waals surface area (Å²) in [5.41, 5.74) is 2.72. The van der Waals surface area contributed by atoms with Gasteiger partial charge in [0.15, 0.2) is 0 Å². The fourth-order valence-corrected chi connectivity index (χ4v) is 2.98. The Morgan fingerprint density at radius 2 is 2.10 bits per heavy atom. The Hall–Kier alpha value is -2.17. The Bertz CT molecular complexity index is 609. The molecule has 1 saturated heterocycles. The fourth-order valence-electron chi connectivity index (χ4n) is 2.98. The van der Waals surface area contributed by atoms with E-state index < -0.39 is 6.04 Å². The Labute approximate surface area is 116 Å². The first kappa shape index (κ1) is 12.8. The van der Waals surface area contributed by atoms with Crippen LogP contribution in [0.2, 0.25) is 0 Å². The van der Waals surface area contributed by atoms with Crippen LogP contribution in [-0.4, -0.2) is 28.7 Å². The van der Waals surface area contributed by atoms with E-state index in [0.29, 0.717) is 13.0 Å². The normalized spacial score (nSPS) is 21.9. The number of imide groups is 1. The SMILES string of the molecule is CCc1cccc2c1C(=O)N([C@H]1CCC(=O)NC1=O)C2. The summed E-state index contributed by atoms with van der Waals surface area (Å²) < 4.78 is 0. The molecule has 2 heterocycles. The van der Waals surface area contributed by atoms with Crippen molar-refractivity contribution in [3.05, 3.63) is 34.9 Å². The second-order valence-corrected chi connectivity index (χ2v) is 5.20. The van der Waals surface area contributed by atoms with Gasteiger partial charge in [-0.05, 0) is 24.0 Å². The van der Waals surface area contributed by atoms with Crippen molar-refractivity contribution < 1.29 is 14.4 Å². The van der Waals surface area contributed by atoms with Crippen LogP contribution in [0.1, 0.15) is 41.3 Å². The van der Waals surface area contributed by atoms with E-state index in [4.69, 9.17) is 0 Å². The molecule has 3 amide bonds. The van der Waals surface area contributed by atoms with Crippen molar-refractivity contribution in [3.8, 4) is 0 Å². The number of nitrogens with one attached hydrogen (secondary N) is 1. The number of hydrogen-bond donors (Lipinski definition) is 1. The Balaban J connectivity index is 1.90. The smallest absolute Gasteiger partial charge is 0.255 e. The van der Waals surface area contributed by atoms with Crippen LogP contribution >= 0.6 is 0 Å². The molecule has 5 heteroatoms. The van der Waals surface area contributed by atoms with Gasteiger partial charge in [-0.25, -0.2) is 0 Å². The third-order valence-electron chi connectivity index (χ3n) is 4.02. The molecule has 5 nitrogen and oxygen atoms in total. The summed E-state index contributed by atoms with van der Waals surface area (Å²) in [4.78, 5) is 37.3. The first-order valence-corrected chi connectivity index (χ1v) is 6.87. The topological polar surface area (TPSA) is 66.5 Å². The van der Waals surface area contributed by atoms with E-state index in [-0.39, 0.29) is 24.1 Å². The van der Waals surface area contributed by atoms with Gasteiger partial charge in [0.1, 0.15) is 6.04 Å². The molecule has 1 atom stereocenters. The van der Waals surface area contributed by atoms with Crippen molar-refractivity contribution in [2.75, 3.05) is 0 Å². The Morgan fingerprint density at radius 3 is 2.80 bits per heavy atom. The minimum absolute atomic E-state index is 0.0908. The molecule has 1 fully saturated rings. The molecule has 2 aliphatic rings. The van der Waals surface area contributed by atoms with Crippen LogP contribution < -0.4 is 5.32 Å². The van der Waals surface area contributed by atoms with E-state index in [1.54, 1.807) is 4.90 Å². The summed E-state index contributed by atoms with van der Waals surface area (Å²) in [6.07, 6.45) is 1.49. The third-order valence-corrected chi connectivity index (χ3v) is 4.02. The molecule has 2 aliphatic heterocycles. The number of aryl methyl sites for hydroxylation is 1. The zero-order chi connectivity index (χ0) is 14.3. The van der Waals surface area contributed by atoms with E-state index in [0.717, 1.165) is 23.1 Å². The Kier molecular flexibility index (Phi) is 3.04. The van der Waals surface area contributed by atoms with E-state index in [9.17, 15) is 14.4 Å². The lowest BCUT2D eigenvalue weighted by molar-refractivity contribution is -0.136. The zero-order valence-corrected chi connectivity index (χ0v) is 11.3. The molecule has 3 rings (SSSR count). The van der Waals surface area contributed by atoms with Gasteiger partial charge in [0.05, 0.1) is 0 Å². The summed E-state index contributed by atoms with van der Waals surface area (Å²) in [6.45, 7) is 2.46.